The van der Waals surface area contributed by atoms with Crippen LogP contribution in [-0.4, -0.2) is 0 Å². The second-order valence-corrected chi connectivity index (χ2v) is 13.2. The zero-order chi connectivity index (χ0) is 32.8. The molecule has 0 N–H and O–H groups in total. The molecule has 0 atom stereocenters. The van der Waals surface area contributed by atoms with Crippen molar-refractivity contribution in [3.63, 3.8) is 0 Å². The highest BCUT2D eigenvalue weighted by molar-refractivity contribution is 6.30. The molecule has 0 heterocycles. The smallest absolute Gasteiger partial charge is 0.00506 e. The minimum Gasteiger partial charge on any atom is -0.0767 e. The van der Waals surface area contributed by atoms with Crippen molar-refractivity contribution in [2.45, 2.75) is 38.0 Å². The zero-order valence-corrected chi connectivity index (χ0v) is 27.9. The van der Waals surface area contributed by atoms with Gasteiger partial charge in [-0.05, 0) is 90.0 Å². The molecule has 2 aliphatic carbocycles. The minimum absolute atomic E-state index is 0.545. The molecular weight excluding hydrogens is 589 g/mol. The monoisotopic (exact) mass is 629 g/mol. The lowest BCUT2D eigenvalue weighted by molar-refractivity contribution is 0.447. The summed E-state index contributed by atoms with van der Waals surface area (Å²) in [5, 5.41) is 8.27. The van der Waals surface area contributed by atoms with Crippen LogP contribution >= 0.6 is 0 Å². The Balaban J connectivity index is 0.000000446. The third-order valence-corrected chi connectivity index (χ3v) is 10.2. The Bertz CT molecular complexity index is 2240. The highest BCUT2D eigenvalue weighted by Crippen LogP contribution is 2.53. The van der Waals surface area contributed by atoms with Crippen molar-refractivity contribution in [3.8, 4) is 33.4 Å². The summed E-state index contributed by atoms with van der Waals surface area (Å²) in [6.07, 6.45) is 20.5. The number of fused-ring (bicyclic) bond motifs is 3. The van der Waals surface area contributed by atoms with Gasteiger partial charge in [-0.25, -0.2) is 0 Å². The molecule has 0 unspecified atom stereocenters. The second kappa shape index (κ2) is 14.3. The number of hydrogen-bond donors (Lipinski definition) is 0. The van der Waals surface area contributed by atoms with Gasteiger partial charge in [-0.3, -0.25) is 0 Å². The summed E-state index contributed by atoms with van der Waals surface area (Å²) in [5.41, 5.74) is 9.49. The number of allylic oxidation sites excluding steroid dienone is 6. The van der Waals surface area contributed by atoms with E-state index in [0.717, 1.165) is 0 Å². The summed E-state index contributed by atoms with van der Waals surface area (Å²) in [4.78, 5) is 0. The molecule has 7 aromatic rings. The van der Waals surface area contributed by atoms with Crippen molar-refractivity contribution in [1.29, 1.82) is 0 Å². The first-order chi connectivity index (χ1) is 24.4. The highest BCUT2D eigenvalue weighted by Gasteiger charge is 2.28. The summed E-state index contributed by atoms with van der Waals surface area (Å²) >= 11 is 0. The highest BCUT2D eigenvalue weighted by atomic mass is 14.3. The molecule has 49 heavy (non-hydrogen) atoms. The minimum atomic E-state index is 0.545. The van der Waals surface area contributed by atoms with E-state index in [-0.39, 0.29) is 0 Å². The SMILES string of the molecule is [CH]1C=CC=CC=C1.c1ccc(-c2c3ccccc3c(-c3ccccc3)c3c(C4CCCCC4)c4ccccc4c(-c4ccccc4)c23)cc1. The maximum Gasteiger partial charge on any atom is 0.00506 e. The summed E-state index contributed by atoms with van der Waals surface area (Å²) in [6.45, 7) is 0. The standard InChI is InChI=1S/C42H34.C7H7/c1-5-17-29(18-6-1)37-33-25-13-14-26-34(33)39(31-21-9-3-10-22-31)42-40(32-23-11-4-12-24-32)36-28-16-15-27-35(36)38(41(37)42)30-19-7-2-8-20-30;1-2-4-6-7-5-3-1/h1-3,5-10,13-22,25-28,32H,4,11-12,23-24H2;1-7H. The maximum atomic E-state index is 2.40. The molecule has 0 heteroatoms. The fourth-order valence-electron chi connectivity index (χ4n) is 8.14. The van der Waals surface area contributed by atoms with Gasteiger partial charge in [0.2, 0.25) is 0 Å². The van der Waals surface area contributed by atoms with Gasteiger partial charge in [0, 0.05) is 6.42 Å². The lowest BCUT2D eigenvalue weighted by atomic mass is 9.73. The van der Waals surface area contributed by atoms with Crippen molar-refractivity contribution in [1.82, 2.24) is 0 Å². The molecule has 1 radical (unpaired) electrons. The van der Waals surface area contributed by atoms with Crippen molar-refractivity contribution in [3.05, 3.63) is 188 Å². The first kappa shape index (κ1) is 30.8. The molecule has 7 aromatic carbocycles. The lowest BCUT2D eigenvalue weighted by Gasteiger charge is -2.30. The summed E-state index contributed by atoms with van der Waals surface area (Å²) in [7, 11) is 0. The molecule has 0 bridgehead atoms. The van der Waals surface area contributed by atoms with Crippen LogP contribution in [0.15, 0.2) is 176 Å². The van der Waals surface area contributed by atoms with E-state index in [9.17, 15) is 0 Å². The van der Waals surface area contributed by atoms with Crippen LogP contribution in [0.25, 0.3) is 65.7 Å². The van der Waals surface area contributed by atoms with E-state index < -0.39 is 0 Å². The molecule has 1 saturated carbocycles. The normalized spacial score (nSPS) is 14.5. The van der Waals surface area contributed by atoms with Crippen LogP contribution < -0.4 is 0 Å². The van der Waals surface area contributed by atoms with E-state index in [0.29, 0.717) is 5.92 Å². The van der Waals surface area contributed by atoms with Gasteiger partial charge < -0.3 is 0 Å². The molecule has 0 aromatic heterocycles. The van der Waals surface area contributed by atoms with Gasteiger partial charge in [0.15, 0.2) is 0 Å². The fourth-order valence-corrected chi connectivity index (χ4v) is 8.14. The van der Waals surface area contributed by atoms with Crippen LogP contribution in [-0.2, 0) is 0 Å². The molecule has 0 spiro atoms. The average Bonchev–Trinajstić information content (AvgIpc) is 3.51. The Morgan fingerprint density at radius 3 is 1.16 bits per heavy atom. The Hall–Kier alpha value is -5.46. The fraction of sp³-hybridized carbons (Fsp3) is 0.122. The van der Waals surface area contributed by atoms with E-state index in [1.165, 1.54) is 97.8 Å². The van der Waals surface area contributed by atoms with Crippen LogP contribution in [0.3, 0.4) is 0 Å². The van der Waals surface area contributed by atoms with Gasteiger partial charge in [0.05, 0.1) is 0 Å². The first-order valence-corrected chi connectivity index (χ1v) is 17.8. The third kappa shape index (κ3) is 6.05. The zero-order valence-electron chi connectivity index (χ0n) is 27.9. The largest absolute Gasteiger partial charge is 0.0767 e. The molecule has 237 valence electrons. The van der Waals surface area contributed by atoms with E-state index in [2.05, 4.69) is 140 Å². The lowest BCUT2D eigenvalue weighted by Crippen LogP contribution is -2.08. The van der Waals surface area contributed by atoms with Crippen LogP contribution in [0.5, 0.6) is 0 Å². The number of rotatable bonds is 4. The van der Waals surface area contributed by atoms with Gasteiger partial charge in [-0.2, -0.15) is 0 Å². The van der Waals surface area contributed by atoms with E-state index >= 15 is 0 Å². The van der Waals surface area contributed by atoms with Crippen LogP contribution in [0.2, 0.25) is 0 Å². The number of hydrogen-bond acceptors (Lipinski definition) is 0. The Morgan fingerprint density at radius 2 is 0.694 bits per heavy atom. The predicted molar refractivity (Wildman–Crippen MR) is 213 cm³/mol. The molecule has 0 aliphatic heterocycles. The molecule has 2 aliphatic rings. The third-order valence-electron chi connectivity index (χ3n) is 10.2. The maximum absolute atomic E-state index is 2.40. The molecular formula is C49H41. The molecule has 1 fully saturated rings. The summed E-state index contributed by atoms with van der Waals surface area (Å²) < 4.78 is 0. The van der Waals surface area contributed by atoms with Crippen molar-refractivity contribution in [2.24, 2.45) is 0 Å². The van der Waals surface area contributed by atoms with Gasteiger partial charge >= 0.3 is 0 Å². The average molecular weight is 630 g/mol. The first-order valence-electron chi connectivity index (χ1n) is 17.8. The van der Waals surface area contributed by atoms with Crippen molar-refractivity contribution >= 4 is 32.3 Å². The van der Waals surface area contributed by atoms with Crippen LogP contribution in [0.4, 0.5) is 0 Å². The van der Waals surface area contributed by atoms with Crippen molar-refractivity contribution in [2.75, 3.05) is 0 Å². The van der Waals surface area contributed by atoms with Gasteiger partial charge in [-0.1, -0.05) is 195 Å². The van der Waals surface area contributed by atoms with Crippen molar-refractivity contribution < 1.29 is 0 Å². The molecule has 0 saturated heterocycles. The van der Waals surface area contributed by atoms with Gasteiger partial charge in [-0.15, -0.1) is 0 Å². The van der Waals surface area contributed by atoms with E-state index in [1.54, 1.807) is 5.56 Å². The second-order valence-electron chi connectivity index (χ2n) is 13.2. The molecule has 9 rings (SSSR count). The van der Waals surface area contributed by atoms with E-state index in [1.807, 2.05) is 42.9 Å². The van der Waals surface area contributed by atoms with Gasteiger partial charge in [0.1, 0.15) is 0 Å². The quantitative estimate of drug-likeness (QED) is 0.170. The van der Waals surface area contributed by atoms with Crippen LogP contribution in [0, 0.1) is 6.42 Å². The van der Waals surface area contributed by atoms with Gasteiger partial charge in [0.25, 0.3) is 0 Å². The van der Waals surface area contributed by atoms with E-state index in [4.69, 9.17) is 0 Å². The Morgan fingerprint density at radius 1 is 0.327 bits per heavy atom. The topological polar surface area (TPSA) is 0 Å². The Kier molecular flexibility index (Phi) is 9.03. The number of benzene rings is 7. The summed E-state index contributed by atoms with van der Waals surface area (Å²) in [6, 6.07) is 51.7. The Labute approximate surface area is 290 Å². The predicted octanol–water partition coefficient (Wildman–Crippen LogP) is 14.1. The van der Waals surface area contributed by atoms with Crippen LogP contribution in [0.1, 0.15) is 43.6 Å². The molecule has 0 nitrogen and oxygen atoms in total. The summed E-state index contributed by atoms with van der Waals surface area (Å²) in [5.74, 6) is 0.545. The molecule has 0 amide bonds.